The molecule has 1 aromatic carbocycles. The van der Waals surface area contributed by atoms with Crippen LogP contribution >= 0.6 is 0 Å². The van der Waals surface area contributed by atoms with Gasteiger partial charge in [-0.15, -0.1) is 0 Å². The lowest BCUT2D eigenvalue weighted by Gasteiger charge is -2.27. The van der Waals surface area contributed by atoms with Crippen molar-refractivity contribution in [3.63, 3.8) is 0 Å². The summed E-state index contributed by atoms with van der Waals surface area (Å²) in [6.07, 6.45) is 2.40. The van der Waals surface area contributed by atoms with Crippen LogP contribution in [0.2, 0.25) is 0 Å². The van der Waals surface area contributed by atoms with E-state index in [4.69, 9.17) is 38.3 Å². The summed E-state index contributed by atoms with van der Waals surface area (Å²) >= 11 is 0. The van der Waals surface area contributed by atoms with Gasteiger partial charge in [-0.05, 0) is 31.4 Å². The third-order valence-corrected chi connectivity index (χ3v) is 7.63. The molecule has 2 aliphatic heterocycles. The van der Waals surface area contributed by atoms with Gasteiger partial charge in [0.05, 0.1) is 109 Å². The number of carboxylic acid groups (broad SMARTS) is 1. The van der Waals surface area contributed by atoms with Crippen LogP contribution in [0.3, 0.4) is 0 Å². The van der Waals surface area contributed by atoms with Crippen molar-refractivity contribution in [1.29, 1.82) is 0 Å². The van der Waals surface area contributed by atoms with E-state index < -0.39 is 35.6 Å². The van der Waals surface area contributed by atoms with Crippen LogP contribution in [0.5, 0.6) is 0 Å². The molecule has 1 fully saturated rings. The van der Waals surface area contributed by atoms with Gasteiger partial charge in [-0.1, -0.05) is 12.5 Å². The normalized spacial score (nSPS) is 15.7. The molecule has 5 amide bonds. The Morgan fingerprint density at radius 3 is 1.75 bits per heavy atom. The third-order valence-electron chi connectivity index (χ3n) is 7.63. The predicted octanol–water partition coefficient (Wildman–Crippen LogP) is 1.18. The molecule has 0 aromatic heterocycles. The molecule has 0 bridgehead atoms. The molecule has 284 valence electrons. The van der Waals surface area contributed by atoms with Crippen LogP contribution in [0.4, 0.5) is 5.69 Å². The number of ether oxygens (including phenoxy) is 7. The highest BCUT2D eigenvalue weighted by Crippen LogP contribution is 2.32. The van der Waals surface area contributed by atoms with Gasteiger partial charge in [-0.2, -0.15) is 0 Å². The van der Waals surface area contributed by atoms with Gasteiger partial charge in [0, 0.05) is 19.4 Å². The minimum absolute atomic E-state index is 0.0201. The molecule has 1 aromatic rings. The van der Waals surface area contributed by atoms with Gasteiger partial charge in [0.2, 0.25) is 17.7 Å². The number of unbranched alkanes of at least 4 members (excludes halogenated alkanes) is 2. The van der Waals surface area contributed by atoms with E-state index in [1.807, 2.05) is 0 Å². The average molecular weight is 724 g/mol. The lowest BCUT2D eigenvalue weighted by atomic mass is 10.0. The maximum atomic E-state index is 13.2. The summed E-state index contributed by atoms with van der Waals surface area (Å²) < 4.78 is 37.8. The van der Waals surface area contributed by atoms with Gasteiger partial charge >= 0.3 is 5.97 Å². The Morgan fingerprint density at radius 2 is 1.22 bits per heavy atom. The Labute approximate surface area is 296 Å². The Hall–Kier alpha value is -3.84. The maximum Gasteiger partial charge on any atom is 0.305 e. The first-order valence-corrected chi connectivity index (χ1v) is 17.2. The molecule has 2 aliphatic rings. The summed E-state index contributed by atoms with van der Waals surface area (Å²) in [5.74, 6) is -3.63. The van der Waals surface area contributed by atoms with E-state index >= 15 is 0 Å². The van der Waals surface area contributed by atoms with Crippen molar-refractivity contribution in [1.82, 2.24) is 10.2 Å². The second kappa shape index (κ2) is 24.4. The number of hydrogen-bond acceptors (Lipinski definition) is 13. The second-order valence-electron chi connectivity index (χ2n) is 11.5. The second-order valence-corrected chi connectivity index (χ2v) is 11.5. The molecule has 1 unspecified atom stereocenters. The zero-order valence-corrected chi connectivity index (χ0v) is 28.9. The largest absolute Gasteiger partial charge is 0.481 e. The van der Waals surface area contributed by atoms with Crippen molar-refractivity contribution in [2.24, 2.45) is 0 Å². The zero-order valence-electron chi connectivity index (χ0n) is 28.9. The number of fused-ring (bicyclic) bond motifs is 1. The first-order chi connectivity index (χ1) is 24.8. The van der Waals surface area contributed by atoms with E-state index in [0.29, 0.717) is 92.3 Å². The Balaban J connectivity index is 1.09. The topological polar surface area (TPSA) is 215 Å². The molecule has 0 spiro atoms. The first-order valence-electron chi connectivity index (χ1n) is 17.2. The summed E-state index contributed by atoms with van der Waals surface area (Å²) in [5.41, 5.74) is 0.369. The van der Waals surface area contributed by atoms with Crippen LogP contribution < -0.4 is 10.6 Å². The molecule has 0 aliphatic carbocycles. The van der Waals surface area contributed by atoms with Crippen LogP contribution in [0, 0.1) is 0 Å². The third kappa shape index (κ3) is 15.5. The molecule has 0 radical (unpaired) electrons. The minimum atomic E-state index is -1.08. The van der Waals surface area contributed by atoms with Gasteiger partial charge in [0.1, 0.15) is 6.04 Å². The van der Waals surface area contributed by atoms with E-state index in [2.05, 4.69) is 10.6 Å². The van der Waals surface area contributed by atoms with E-state index in [9.17, 15) is 28.8 Å². The van der Waals surface area contributed by atoms with Gasteiger partial charge in [-0.25, -0.2) is 0 Å². The molecule has 1 atom stereocenters. The average Bonchev–Trinajstić information content (AvgIpc) is 3.35. The summed E-state index contributed by atoms with van der Waals surface area (Å²) in [7, 11) is 0. The van der Waals surface area contributed by atoms with Crippen molar-refractivity contribution < 1.29 is 67.0 Å². The van der Waals surface area contributed by atoms with Crippen molar-refractivity contribution in [3.8, 4) is 0 Å². The molecule has 17 nitrogen and oxygen atoms in total. The monoisotopic (exact) mass is 723 g/mol. The van der Waals surface area contributed by atoms with Crippen LogP contribution in [0.1, 0.15) is 65.7 Å². The number of piperidine rings is 1. The fraction of sp³-hybridized carbons (Fsp3) is 0.647. The molecule has 17 heteroatoms. The van der Waals surface area contributed by atoms with Gasteiger partial charge in [0.15, 0.2) is 0 Å². The molecule has 3 rings (SSSR count). The van der Waals surface area contributed by atoms with E-state index in [0.717, 1.165) is 17.7 Å². The van der Waals surface area contributed by atoms with Gasteiger partial charge in [-0.3, -0.25) is 39.0 Å². The number of rotatable bonds is 29. The number of nitrogens with one attached hydrogen (secondary N) is 2. The highest BCUT2D eigenvalue weighted by atomic mass is 16.6. The first kappa shape index (κ1) is 41.6. The lowest BCUT2D eigenvalue weighted by Crippen LogP contribution is -2.54. The maximum absolute atomic E-state index is 13.2. The molecule has 1 saturated heterocycles. The number of aliphatic carboxylic acids is 1. The van der Waals surface area contributed by atoms with E-state index in [1.165, 1.54) is 6.07 Å². The summed E-state index contributed by atoms with van der Waals surface area (Å²) in [6, 6.07) is 3.51. The Morgan fingerprint density at radius 1 is 0.686 bits per heavy atom. The molecule has 2 heterocycles. The number of imide groups is 2. The number of carbonyl (C=O) groups excluding carboxylic acids is 5. The highest BCUT2D eigenvalue weighted by Gasteiger charge is 2.45. The van der Waals surface area contributed by atoms with Crippen molar-refractivity contribution in [2.45, 2.75) is 51.0 Å². The van der Waals surface area contributed by atoms with Gasteiger partial charge < -0.3 is 43.6 Å². The number of benzene rings is 1. The minimum Gasteiger partial charge on any atom is -0.481 e. The summed E-state index contributed by atoms with van der Waals surface area (Å²) in [5, 5.41) is 13.4. The van der Waals surface area contributed by atoms with Crippen LogP contribution in [-0.2, 0) is 52.3 Å². The summed E-state index contributed by atoms with van der Waals surface area (Å²) in [6.45, 7) is 5.80. The molecular weight excluding hydrogens is 674 g/mol. The number of carboxylic acids is 1. The Kier molecular flexibility index (Phi) is 19.9. The van der Waals surface area contributed by atoms with Crippen LogP contribution in [0.15, 0.2) is 18.2 Å². The fourth-order valence-electron chi connectivity index (χ4n) is 5.08. The fourth-order valence-corrected chi connectivity index (χ4v) is 5.08. The SMILES string of the molecule is O=C(O)CCOCCOCCOCCOCCOCCOCCOCCCCCC(=O)Nc1cccc2c1C(=O)N(C1CCC(=O)NC1=O)C2=O. The van der Waals surface area contributed by atoms with E-state index in [-0.39, 0.29) is 55.0 Å². The smallest absolute Gasteiger partial charge is 0.305 e. The molecule has 0 saturated carbocycles. The summed E-state index contributed by atoms with van der Waals surface area (Å²) in [4.78, 5) is 73.7. The molecule has 3 N–H and O–H groups in total. The predicted molar refractivity (Wildman–Crippen MR) is 178 cm³/mol. The zero-order chi connectivity index (χ0) is 36.7. The van der Waals surface area contributed by atoms with Crippen LogP contribution in [-0.4, -0.2) is 144 Å². The molecule has 51 heavy (non-hydrogen) atoms. The number of anilines is 1. The van der Waals surface area contributed by atoms with Crippen molar-refractivity contribution in [3.05, 3.63) is 29.3 Å². The standard InChI is InChI=1S/C34H49N3O14/c38-28(35-26-6-4-5-25-31(26)34(44)37(33(25)43)27-8-9-29(39)36-32(27)42)7-2-1-3-11-45-13-15-47-17-19-49-21-23-51-24-22-50-20-18-48-16-14-46-12-10-30(40)41/h4-6,27H,1-3,7-24H2,(H,35,38)(H,40,41)(H,36,39,42). The number of amides is 5. The van der Waals surface area contributed by atoms with E-state index in [1.54, 1.807) is 12.1 Å². The highest BCUT2D eigenvalue weighted by molar-refractivity contribution is 6.26. The lowest BCUT2D eigenvalue weighted by molar-refractivity contribution is -0.138. The van der Waals surface area contributed by atoms with Gasteiger partial charge in [0.25, 0.3) is 11.8 Å². The quantitative estimate of drug-likeness (QED) is 0.0782. The Bertz CT molecular complexity index is 1290. The van der Waals surface area contributed by atoms with Crippen molar-refractivity contribution >= 4 is 41.2 Å². The van der Waals surface area contributed by atoms with Crippen LogP contribution in [0.25, 0.3) is 0 Å². The molecular formula is C34H49N3O14. The number of nitrogens with zero attached hydrogens (tertiary/aromatic N) is 1. The van der Waals surface area contributed by atoms with Crippen molar-refractivity contribution in [2.75, 3.05) is 97.8 Å². The number of carbonyl (C=O) groups is 6. The number of hydrogen-bond donors (Lipinski definition) is 3.